The van der Waals surface area contributed by atoms with Gasteiger partial charge in [0, 0.05) is 11.8 Å². The van der Waals surface area contributed by atoms with E-state index in [4.69, 9.17) is 37.1 Å². The third-order valence-corrected chi connectivity index (χ3v) is 3.12. The average Bonchev–Trinajstić information content (AvgIpc) is 2.20. The van der Waals surface area contributed by atoms with E-state index in [0.29, 0.717) is 24.6 Å². The molecule has 4 nitrogen and oxygen atoms in total. The fraction of sp³-hybridized carbons (Fsp3) is 1.00. The molecular formula is C8H17Cl2O4P. The molecule has 0 radical (unpaired) electrons. The summed E-state index contributed by atoms with van der Waals surface area (Å²) in [7, 11) is -3.86. The van der Waals surface area contributed by atoms with Gasteiger partial charge >= 0.3 is 7.82 Å². The first-order chi connectivity index (χ1) is 7.12. The molecule has 0 aromatic rings. The van der Waals surface area contributed by atoms with Gasteiger partial charge in [0.25, 0.3) is 0 Å². The standard InChI is InChI=1S/C8H17Cl2O4P/c9-5-1-3-7-13-15(11,12)14-8-4-2-6-10/h1-8H2,(H,11,12). The van der Waals surface area contributed by atoms with Crippen molar-refractivity contribution in [2.45, 2.75) is 25.7 Å². The van der Waals surface area contributed by atoms with Gasteiger partial charge < -0.3 is 4.89 Å². The molecule has 0 atom stereocenters. The lowest BCUT2D eigenvalue weighted by Gasteiger charge is -2.11. The van der Waals surface area contributed by atoms with Crippen LogP contribution in [0.5, 0.6) is 0 Å². The van der Waals surface area contributed by atoms with Crippen molar-refractivity contribution in [2.75, 3.05) is 25.0 Å². The Hall–Kier alpha value is 0.690. The van der Waals surface area contributed by atoms with E-state index >= 15 is 0 Å². The van der Waals surface area contributed by atoms with Gasteiger partial charge in [-0.3, -0.25) is 9.05 Å². The lowest BCUT2D eigenvalue weighted by molar-refractivity contribution is 0.146. The first kappa shape index (κ1) is 15.7. The third-order valence-electron chi connectivity index (χ3n) is 1.56. The van der Waals surface area contributed by atoms with Gasteiger partial charge in [-0.15, -0.1) is 23.2 Å². The number of hydrogen-bond acceptors (Lipinski definition) is 3. The summed E-state index contributed by atoms with van der Waals surface area (Å²) >= 11 is 10.9. The van der Waals surface area contributed by atoms with Crippen LogP contribution in [0, 0.1) is 0 Å². The largest absolute Gasteiger partial charge is 0.472 e. The van der Waals surface area contributed by atoms with Crippen LogP contribution in [0.25, 0.3) is 0 Å². The summed E-state index contributed by atoms with van der Waals surface area (Å²) in [5.41, 5.74) is 0. The number of unbranched alkanes of at least 4 members (excludes halogenated alkanes) is 2. The summed E-state index contributed by atoms with van der Waals surface area (Å²) in [4.78, 5) is 9.16. The van der Waals surface area contributed by atoms with Crippen LogP contribution in [-0.4, -0.2) is 29.9 Å². The molecule has 0 rings (SSSR count). The molecule has 0 aliphatic carbocycles. The van der Waals surface area contributed by atoms with Gasteiger partial charge in [-0.1, -0.05) is 0 Å². The van der Waals surface area contributed by atoms with E-state index in [0.717, 1.165) is 12.8 Å². The molecule has 0 aromatic heterocycles. The molecule has 0 unspecified atom stereocenters. The van der Waals surface area contributed by atoms with E-state index in [9.17, 15) is 4.57 Å². The van der Waals surface area contributed by atoms with Crippen molar-refractivity contribution in [3.8, 4) is 0 Å². The molecule has 0 amide bonds. The fourth-order valence-electron chi connectivity index (χ4n) is 0.790. The van der Waals surface area contributed by atoms with Crippen LogP contribution in [0.3, 0.4) is 0 Å². The zero-order valence-corrected chi connectivity index (χ0v) is 10.9. The maximum atomic E-state index is 11.2. The lowest BCUT2D eigenvalue weighted by atomic mass is 10.4. The quantitative estimate of drug-likeness (QED) is 0.379. The Labute approximate surface area is 100 Å². The SMILES string of the molecule is O=P(O)(OCCCCCl)OCCCCCl. The zero-order chi connectivity index (χ0) is 11.6. The normalized spacial score (nSPS) is 11.9. The number of hydrogen-bond donors (Lipinski definition) is 1. The maximum Gasteiger partial charge on any atom is 0.472 e. The van der Waals surface area contributed by atoms with Gasteiger partial charge in [-0.05, 0) is 25.7 Å². The predicted molar refractivity (Wildman–Crippen MR) is 61.6 cm³/mol. The fourth-order valence-corrected chi connectivity index (χ4v) is 1.96. The monoisotopic (exact) mass is 278 g/mol. The second-order valence-corrected chi connectivity index (χ2v) is 5.14. The van der Waals surface area contributed by atoms with Crippen LogP contribution in [0.1, 0.15) is 25.7 Å². The first-order valence-corrected chi connectivity index (χ1v) is 7.42. The summed E-state index contributed by atoms with van der Waals surface area (Å²) in [6.45, 7) is 0.381. The van der Waals surface area contributed by atoms with Crippen LogP contribution < -0.4 is 0 Å². The van der Waals surface area contributed by atoms with E-state index in [1.807, 2.05) is 0 Å². The highest BCUT2D eigenvalue weighted by molar-refractivity contribution is 7.47. The summed E-state index contributed by atoms with van der Waals surface area (Å²) in [5, 5.41) is 0. The van der Waals surface area contributed by atoms with Crippen LogP contribution in [0.4, 0.5) is 0 Å². The molecule has 0 aliphatic rings. The van der Waals surface area contributed by atoms with Gasteiger partial charge in [-0.25, -0.2) is 4.57 Å². The number of phosphoric ester groups is 1. The van der Waals surface area contributed by atoms with E-state index in [2.05, 4.69) is 0 Å². The third kappa shape index (κ3) is 11.0. The zero-order valence-electron chi connectivity index (χ0n) is 8.53. The van der Waals surface area contributed by atoms with Crippen molar-refractivity contribution in [1.82, 2.24) is 0 Å². The highest BCUT2D eigenvalue weighted by Crippen LogP contribution is 2.43. The van der Waals surface area contributed by atoms with Gasteiger partial charge in [0.05, 0.1) is 13.2 Å². The summed E-state index contributed by atoms with van der Waals surface area (Å²) in [5.74, 6) is 1.05. The van der Waals surface area contributed by atoms with E-state index in [1.54, 1.807) is 0 Å². The molecule has 0 saturated carbocycles. The highest BCUT2D eigenvalue weighted by atomic mass is 35.5. The molecule has 7 heteroatoms. The van der Waals surface area contributed by atoms with Gasteiger partial charge in [0.15, 0.2) is 0 Å². The summed E-state index contributed by atoms with van der Waals surface area (Å²) in [6.07, 6.45) is 2.82. The van der Waals surface area contributed by atoms with Crippen molar-refractivity contribution in [2.24, 2.45) is 0 Å². The van der Waals surface area contributed by atoms with Crippen LogP contribution >= 0.6 is 31.0 Å². The second kappa shape index (κ2) is 9.88. The molecule has 0 saturated heterocycles. The average molecular weight is 279 g/mol. The first-order valence-electron chi connectivity index (χ1n) is 4.86. The summed E-state index contributed by atoms with van der Waals surface area (Å²) < 4.78 is 20.6. The number of phosphoric acid groups is 1. The van der Waals surface area contributed by atoms with E-state index < -0.39 is 7.82 Å². The van der Waals surface area contributed by atoms with Crippen molar-refractivity contribution < 1.29 is 18.5 Å². The Morgan fingerprint density at radius 2 is 1.33 bits per heavy atom. The predicted octanol–water partition coefficient (Wildman–Crippen LogP) is 3.16. The molecule has 92 valence electrons. The highest BCUT2D eigenvalue weighted by Gasteiger charge is 2.19. The summed E-state index contributed by atoms with van der Waals surface area (Å²) in [6, 6.07) is 0. The van der Waals surface area contributed by atoms with Gasteiger partial charge in [0.2, 0.25) is 0 Å². The van der Waals surface area contributed by atoms with Crippen LogP contribution in [0.15, 0.2) is 0 Å². The van der Waals surface area contributed by atoms with Gasteiger partial charge in [-0.2, -0.15) is 0 Å². The van der Waals surface area contributed by atoms with Crippen molar-refractivity contribution in [3.63, 3.8) is 0 Å². The van der Waals surface area contributed by atoms with Crippen LogP contribution in [-0.2, 0) is 13.6 Å². The molecule has 0 bridgehead atoms. The number of rotatable bonds is 10. The van der Waals surface area contributed by atoms with Crippen molar-refractivity contribution >= 4 is 31.0 Å². The lowest BCUT2D eigenvalue weighted by Crippen LogP contribution is -1.99. The molecule has 0 fully saturated rings. The molecule has 0 aliphatic heterocycles. The molecule has 1 N–H and O–H groups in total. The maximum absolute atomic E-state index is 11.2. The van der Waals surface area contributed by atoms with E-state index in [-0.39, 0.29) is 13.2 Å². The number of halogens is 2. The Bertz CT molecular complexity index is 175. The Balaban J connectivity index is 3.45. The van der Waals surface area contributed by atoms with Crippen LogP contribution in [0.2, 0.25) is 0 Å². The molecule has 0 heterocycles. The Kier molecular flexibility index (Phi) is 10.3. The molecular weight excluding hydrogens is 262 g/mol. The van der Waals surface area contributed by atoms with Crippen molar-refractivity contribution in [1.29, 1.82) is 0 Å². The minimum atomic E-state index is -3.86. The smallest absolute Gasteiger partial charge is 0.302 e. The van der Waals surface area contributed by atoms with E-state index in [1.165, 1.54) is 0 Å². The number of alkyl halides is 2. The Morgan fingerprint density at radius 3 is 1.67 bits per heavy atom. The molecule has 15 heavy (non-hydrogen) atoms. The van der Waals surface area contributed by atoms with Crippen molar-refractivity contribution in [3.05, 3.63) is 0 Å². The minimum Gasteiger partial charge on any atom is -0.302 e. The topological polar surface area (TPSA) is 55.8 Å². The molecule has 0 aromatic carbocycles. The Morgan fingerprint density at radius 1 is 0.933 bits per heavy atom. The second-order valence-electron chi connectivity index (χ2n) is 2.93. The molecule has 0 spiro atoms. The minimum absolute atomic E-state index is 0.190. The van der Waals surface area contributed by atoms with Gasteiger partial charge in [0.1, 0.15) is 0 Å².